The Morgan fingerprint density at radius 2 is 2.10 bits per heavy atom. The smallest absolute Gasteiger partial charge is 0.00187 e. The van der Waals surface area contributed by atoms with Crippen LogP contribution in [-0.2, 0) is 0 Å². The lowest BCUT2D eigenvalue weighted by Gasteiger charge is -2.22. The van der Waals surface area contributed by atoms with Gasteiger partial charge in [0.15, 0.2) is 0 Å². The van der Waals surface area contributed by atoms with E-state index in [2.05, 4.69) is 54.1 Å². The standard InChI is InChI=1S/C19H36NP/c1-5-11-20(4)12-7-8-18-13-17(6-2)9-10-19(14-18)16(3)15-21/h9,13,16,19H,5-8,10-12,14-15,21H2,1-4H3/t16-,19?/m0/s1. The van der Waals surface area contributed by atoms with E-state index in [0.717, 1.165) is 11.8 Å². The van der Waals surface area contributed by atoms with Crippen LogP contribution in [0.25, 0.3) is 0 Å². The van der Waals surface area contributed by atoms with Gasteiger partial charge in [0, 0.05) is 0 Å². The first kappa shape index (κ1) is 18.9. The summed E-state index contributed by atoms with van der Waals surface area (Å²) in [6, 6.07) is 0. The maximum Gasteiger partial charge on any atom is -0.00187 e. The second kappa shape index (κ2) is 10.6. The van der Waals surface area contributed by atoms with Gasteiger partial charge in [0.05, 0.1) is 0 Å². The molecule has 122 valence electrons. The zero-order valence-electron chi connectivity index (χ0n) is 14.7. The zero-order valence-corrected chi connectivity index (χ0v) is 15.9. The summed E-state index contributed by atoms with van der Waals surface area (Å²) >= 11 is 0. The molecule has 21 heavy (non-hydrogen) atoms. The molecule has 3 atom stereocenters. The molecular weight excluding hydrogens is 273 g/mol. The van der Waals surface area contributed by atoms with Crippen molar-refractivity contribution >= 4 is 9.24 Å². The van der Waals surface area contributed by atoms with Crippen molar-refractivity contribution in [1.29, 1.82) is 0 Å². The molecule has 1 rings (SSSR count). The van der Waals surface area contributed by atoms with Gasteiger partial charge in [0.1, 0.15) is 0 Å². The molecule has 0 heterocycles. The second-order valence-corrected chi connectivity index (χ2v) is 7.23. The molecule has 0 fully saturated rings. The largest absolute Gasteiger partial charge is 0.306 e. The van der Waals surface area contributed by atoms with E-state index < -0.39 is 0 Å². The molecule has 0 bridgehead atoms. The molecule has 0 radical (unpaired) electrons. The summed E-state index contributed by atoms with van der Waals surface area (Å²) < 4.78 is 0. The highest BCUT2D eigenvalue weighted by Crippen LogP contribution is 2.32. The molecule has 2 unspecified atom stereocenters. The van der Waals surface area contributed by atoms with Crippen molar-refractivity contribution in [2.75, 3.05) is 26.3 Å². The topological polar surface area (TPSA) is 3.24 Å². The minimum Gasteiger partial charge on any atom is -0.306 e. The summed E-state index contributed by atoms with van der Waals surface area (Å²) in [4.78, 5) is 2.47. The maximum atomic E-state index is 2.93. The van der Waals surface area contributed by atoms with Gasteiger partial charge in [-0.2, -0.15) is 0 Å². The van der Waals surface area contributed by atoms with E-state index >= 15 is 0 Å². The molecule has 0 saturated heterocycles. The Balaban J connectivity index is 2.56. The normalized spacial score (nSPS) is 21.0. The van der Waals surface area contributed by atoms with E-state index in [1.54, 1.807) is 11.1 Å². The van der Waals surface area contributed by atoms with E-state index in [-0.39, 0.29) is 0 Å². The fourth-order valence-corrected chi connectivity index (χ4v) is 3.60. The van der Waals surface area contributed by atoms with Crippen molar-refractivity contribution in [3.05, 3.63) is 23.3 Å². The summed E-state index contributed by atoms with van der Waals surface area (Å²) in [5, 5.41) is 0. The lowest BCUT2D eigenvalue weighted by molar-refractivity contribution is 0.327. The second-order valence-electron chi connectivity index (χ2n) is 6.75. The lowest BCUT2D eigenvalue weighted by Crippen LogP contribution is -2.20. The molecule has 0 aromatic heterocycles. The third-order valence-corrected chi connectivity index (χ3v) is 5.57. The minimum absolute atomic E-state index is 0.814. The van der Waals surface area contributed by atoms with Crippen LogP contribution in [0.4, 0.5) is 0 Å². The molecule has 0 saturated carbocycles. The highest BCUT2D eigenvalue weighted by molar-refractivity contribution is 7.16. The Hall–Kier alpha value is -0.130. The molecule has 1 aliphatic rings. The van der Waals surface area contributed by atoms with E-state index in [4.69, 9.17) is 0 Å². The fraction of sp³-hybridized carbons (Fsp3) is 0.789. The molecule has 0 aromatic rings. The van der Waals surface area contributed by atoms with Gasteiger partial charge in [-0.05, 0) is 76.7 Å². The van der Waals surface area contributed by atoms with Gasteiger partial charge >= 0.3 is 0 Å². The predicted octanol–water partition coefficient (Wildman–Crippen LogP) is 5.29. The van der Waals surface area contributed by atoms with Crippen LogP contribution >= 0.6 is 9.24 Å². The van der Waals surface area contributed by atoms with Crippen LogP contribution < -0.4 is 0 Å². The Kier molecular flexibility index (Phi) is 9.52. The molecule has 0 amide bonds. The molecule has 0 spiro atoms. The van der Waals surface area contributed by atoms with E-state index in [9.17, 15) is 0 Å². The van der Waals surface area contributed by atoms with Crippen LogP contribution in [0.2, 0.25) is 0 Å². The summed E-state index contributed by atoms with van der Waals surface area (Å²) in [7, 11) is 5.18. The Bertz CT molecular complexity index is 345. The van der Waals surface area contributed by atoms with Crippen molar-refractivity contribution in [3.63, 3.8) is 0 Å². The summed E-state index contributed by atoms with van der Waals surface area (Å²) in [5.41, 5.74) is 3.26. The van der Waals surface area contributed by atoms with Crippen molar-refractivity contribution < 1.29 is 0 Å². The monoisotopic (exact) mass is 309 g/mol. The van der Waals surface area contributed by atoms with Crippen molar-refractivity contribution in [3.8, 4) is 0 Å². The van der Waals surface area contributed by atoms with Crippen LogP contribution in [-0.4, -0.2) is 31.2 Å². The first-order valence-electron chi connectivity index (χ1n) is 8.87. The van der Waals surface area contributed by atoms with Crippen molar-refractivity contribution in [2.24, 2.45) is 11.8 Å². The van der Waals surface area contributed by atoms with Gasteiger partial charge in [-0.3, -0.25) is 0 Å². The first-order valence-corrected chi connectivity index (χ1v) is 9.69. The van der Waals surface area contributed by atoms with Crippen LogP contribution in [0.5, 0.6) is 0 Å². The fourth-order valence-electron chi connectivity index (χ4n) is 3.22. The lowest BCUT2D eigenvalue weighted by atomic mass is 9.86. The average Bonchev–Trinajstić information content (AvgIpc) is 2.69. The van der Waals surface area contributed by atoms with Gasteiger partial charge < -0.3 is 4.90 Å². The molecular formula is C19H36NP. The molecule has 1 nitrogen and oxygen atoms in total. The van der Waals surface area contributed by atoms with Crippen LogP contribution in [0.1, 0.15) is 59.3 Å². The highest BCUT2D eigenvalue weighted by Gasteiger charge is 2.19. The Morgan fingerprint density at radius 3 is 2.71 bits per heavy atom. The van der Waals surface area contributed by atoms with E-state index in [1.807, 2.05) is 0 Å². The Labute approximate surface area is 135 Å². The summed E-state index contributed by atoms with van der Waals surface area (Å²) in [6.45, 7) is 9.42. The molecule has 0 aliphatic heterocycles. The van der Waals surface area contributed by atoms with Crippen LogP contribution in [0.15, 0.2) is 23.3 Å². The first-order chi connectivity index (χ1) is 10.1. The molecule has 1 aliphatic carbocycles. The number of hydrogen-bond donors (Lipinski definition) is 0. The number of allylic oxidation sites excluding steroid dienone is 4. The minimum atomic E-state index is 0.814. The zero-order chi connectivity index (χ0) is 15.7. The van der Waals surface area contributed by atoms with Gasteiger partial charge in [-0.1, -0.05) is 44.1 Å². The highest BCUT2D eigenvalue weighted by atomic mass is 31.0. The Morgan fingerprint density at radius 1 is 1.33 bits per heavy atom. The van der Waals surface area contributed by atoms with Gasteiger partial charge in [-0.15, -0.1) is 9.24 Å². The van der Waals surface area contributed by atoms with Crippen molar-refractivity contribution in [2.45, 2.75) is 59.3 Å². The number of rotatable bonds is 9. The quantitative estimate of drug-likeness (QED) is 0.523. The predicted molar refractivity (Wildman–Crippen MR) is 99.9 cm³/mol. The SMILES string of the molecule is CCCN(C)CCCC1=CC(CC)=CCC([C@@H](C)CP)C1. The molecule has 0 N–H and O–H groups in total. The molecule has 0 aromatic carbocycles. The number of nitrogens with zero attached hydrogens (tertiary/aromatic N) is 1. The van der Waals surface area contributed by atoms with E-state index in [0.29, 0.717) is 0 Å². The van der Waals surface area contributed by atoms with Crippen molar-refractivity contribution in [1.82, 2.24) is 4.90 Å². The van der Waals surface area contributed by atoms with Gasteiger partial charge in [0.2, 0.25) is 0 Å². The third-order valence-electron chi connectivity index (χ3n) is 4.82. The van der Waals surface area contributed by atoms with Crippen LogP contribution in [0.3, 0.4) is 0 Å². The average molecular weight is 309 g/mol. The van der Waals surface area contributed by atoms with Gasteiger partial charge in [-0.25, -0.2) is 0 Å². The van der Waals surface area contributed by atoms with Crippen LogP contribution in [0, 0.1) is 11.8 Å². The van der Waals surface area contributed by atoms with E-state index in [1.165, 1.54) is 57.8 Å². The number of hydrogen-bond acceptors (Lipinski definition) is 1. The third kappa shape index (κ3) is 7.11. The van der Waals surface area contributed by atoms with Gasteiger partial charge in [0.25, 0.3) is 0 Å². The summed E-state index contributed by atoms with van der Waals surface area (Å²) in [6.07, 6.45) is 13.9. The maximum absolute atomic E-state index is 2.93. The summed E-state index contributed by atoms with van der Waals surface area (Å²) in [5.74, 6) is 1.65. The molecule has 2 heteroatoms.